The number of ether oxygens (including phenoxy) is 3. The highest BCUT2D eigenvalue weighted by molar-refractivity contribution is 7.99. The predicted molar refractivity (Wildman–Crippen MR) is 130 cm³/mol. The molecule has 3 aromatic carbocycles. The van der Waals surface area contributed by atoms with E-state index in [-0.39, 0.29) is 11.7 Å². The van der Waals surface area contributed by atoms with Crippen LogP contribution in [0.15, 0.2) is 78.0 Å². The van der Waals surface area contributed by atoms with Gasteiger partial charge in [-0.1, -0.05) is 42.1 Å². The largest absolute Gasteiger partial charge is 0.497 e. The number of anilines is 1. The number of benzene rings is 3. The topological polar surface area (TPSA) is 87.5 Å². The van der Waals surface area contributed by atoms with E-state index < -0.39 is 0 Å². The van der Waals surface area contributed by atoms with Crippen molar-refractivity contribution in [3.63, 3.8) is 0 Å². The van der Waals surface area contributed by atoms with Crippen LogP contribution in [0.3, 0.4) is 0 Å². The van der Waals surface area contributed by atoms with Crippen LogP contribution in [0, 0.1) is 0 Å². The number of methoxy groups -OCH3 is 1. The second-order valence-corrected chi connectivity index (χ2v) is 8.35. The van der Waals surface area contributed by atoms with Gasteiger partial charge in [0.2, 0.25) is 5.91 Å². The van der Waals surface area contributed by atoms with E-state index in [2.05, 4.69) is 15.5 Å². The molecule has 0 unspecified atom stereocenters. The van der Waals surface area contributed by atoms with E-state index in [1.807, 2.05) is 59.2 Å². The molecule has 0 atom stereocenters. The number of carbonyl (C=O) groups is 1. The SMILES string of the molecule is COc1cccc(-c2nnc(SCC(=O)Nc3ccc4c(c3)OCCO4)n2-c2ccccc2)c1. The number of aromatic nitrogens is 3. The summed E-state index contributed by atoms with van der Waals surface area (Å²) in [4.78, 5) is 12.7. The average Bonchev–Trinajstić information content (AvgIpc) is 3.32. The van der Waals surface area contributed by atoms with Gasteiger partial charge < -0.3 is 19.5 Å². The summed E-state index contributed by atoms with van der Waals surface area (Å²) in [5, 5.41) is 12.3. The third-order valence-corrected chi connectivity index (χ3v) is 6.06. The Hall–Kier alpha value is -3.98. The van der Waals surface area contributed by atoms with E-state index in [0.29, 0.717) is 41.4 Å². The lowest BCUT2D eigenvalue weighted by molar-refractivity contribution is -0.113. The molecule has 0 aliphatic carbocycles. The van der Waals surface area contributed by atoms with Crippen molar-refractivity contribution >= 4 is 23.4 Å². The van der Waals surface area contributed by atoms with Crippen LogP contribution in [0.4, 0.5) is 5.69 Å². The van der Waals surface area contributed by atoms with Crippen LogP contribution >= 0.6 is 11.8 Å². The van der Waals surface area contributed by atoms with Gasteiger partial charge in [-0.2, -0.15) is 0 Å². The van der Waals surface area contributed by atoms with Gasteiger partial charge in [0, 0.05) is 23.0 Å². The van der Waals surface area contributed by atoms with E-state index >= 15 is 0 Å². The Bertz CT molecular complexity index is 1310. The van der Waals surface area contributed by atoms with Crippen LogP contribution in [0.1, 0.15) is 0 Å². The van der Waals surface area contributed by atoms with Crippen LogP contribution in [-0.4, -0.2) is 46.7 Å². The fraction of sp³-hybridized carbons (Fsp3) is 0.160. The first-order valence-electron chi connectivity index (χ1n) is 10.7. The van der Waals surface area contributed by atoms with Crippen LogP contribution in [-0.2, 0) is 4.79 Å². The third kappa shape index (κ3) is 4.69. The second kappa shape index (κ2) is 9.88. The average molecular weight is 475 g/mol. The van der Waals surface area contributed by atoms with Crippen molar-refractivity contribution in [1.82, 2.24) is 14.8 Å². The van der Waals surface area contributed by atoms with E-state index in [4.69, 9.17) is 14.2 Å². The number of amides is 1. The highest BCUT2D eigenvalue weighted by Gasteiger charge is 2.18. The zero-order valence-corrected chi connectivity index (χ0v) is 19.2. The van der Waals surface area contributed by atoms with E-state index in [0.717, 1.165) is 17.0 Å². The first-order chi connectivity index (χ1) is 16.7. The Balaban J connectivity index is 1.36. The quantitative estimate of drug-likeness (QED) is 0.396. The summed E-state index contributed by atoms with van der Waals surface area (Å²) >= 11 is 1.31. The molecule has 0 bridgehead atoms. The summed E-state index contributed by atoms with van der Waals surface area (Å²) in [5.41, 5.74) is 2.42. The minimum atomic E-state index is -0.160. The van der Waals surface area contributed by atoms with Crippen LogP contribution in [0.2, 0.25) is 0 Å². The number of hydrogen-bond acceptors (Lipinski definition) is 7. The van der Waals surface area contributed by atoms with Gasteiger partial charge in [0.15, 0.2) is 22.5 Å². The summed E-state index contributed by atoms with van der Waals surface area (Å²) in [6, 6.07) is 22.8. The molecule has 0 radical (unpaired) electrons. The molecule has 0 fully saturated rings. The Kier molecular flexibility index (Phi) is 6.35. The molecule has 9 heteroatoms. The fourth-order valence-corrected chi connectivity index (χ4v) is 4.32. The monoisotopic (exact) mass is 474 g/mol. The Morgan fingerprint density at radius 2 is 1.82 bits per heavy atom. The zero-order valence-electron chi connectivity index (χ0n) is 18.4. The van der Waals surface area contributed by atoms with Crippen LogP contribution < -0.4 is 19.5 Å². The molecule has 0 saturated heterocycles. The standard InChI is InChI=1S/C25H22N4O4S/c1-31-20-9-5-6-17(14-20)24-27-28-25(29(24)19-7-3-2-4-8-19)34-16-23(30)26-18-10-11-21-22(15-18)33-13-12-32-21/h2-11,14-15H,12-13,16H2,1H3,(H,26,30). The summed E-state index contributed by atoms with van der Waals surface area (Å²) < 4.78 is 18.4. The maximum Gasteiger partial charge on any atom is 0.234 e. The van der Waals surface area contributed by atoms with Gasteiger partial charge >= 0.3 is 0 Å². The molecule has 8 nitrogen and oxygen atoms in total. The van der Waals surface area contributed by atoms with Crippen LogP contribution in [0.5, 0.6) is 17.2 Å². The van der Waals surface area contributed by atoms with Gasteiger partial charge in [-0.25, -0.2) is 0 Å². The number of para-hydroxylation sites is 1. The minimum absolute atomic E-state index is 0.160. The van der Waals surface area contributed by atoms with E-state index in [9.17, 15) is 4.79 Å². The van der Waals surface area contributed by atoms with Gasteiger partial charge in [0.05, 0.1) is 12.9 Å². The highest BCUT2D eigenvalue weighted by atomic mass is 32.2. The Morgan fingerprint density at radius 3 is 2.65 bits per heavy atom. The van der Waals surface area contributed by atoms with Crippen LogP contribution in [0.25, 0.3) is 17.1 Å². The molecule has 1 aliphatic rings. The van der Waals surface area contributed by atoms with Crippen molar-refractivity contribution in [3.8, 4) is 34.3 Å². The molecule has 34 heavy (non-hydrogen) atoms. The highest BCUT2D eigenvalue weighted by Crippen LogP contribution is 2.33. The zero-order chi connectivity index (χ0) is 23.3. The molecule has 1 aromatic heterocycles. The molecule has 1 aliphatic heterocycles. The van der Waals surface area contributed by atoms with Crippen molar-refractivity contribution in [3.05, 3.63) is 72.8 Å². The van der Waals surface area contributed by atoms with Crippen molar-refractivity contribution in [2.24, 2.45) is 0 Å². The normalized spacial score (nSPS) is 12.3. The summed E-state index contributed by atoms with van der Waals surface area (Å²) in [6.45, 7) is 1.01. The molecule has 172 valence electrons. The number of thioether (sulfide) groups is 1. The van der Waals surface area contributed by atoms with Crippen molar-refractivity contribution in [1.29, 1.82) is 0 Å². The number of nitrogens with one attached hydrogen (secondary N) is 1. The molecular weight excluding hydrogens is 452 g/mol. The third-order valence-electron chi connectivity index (χ3n) is 5.13. The summed E-state index contributed by atoms with van der Waals surface area (Å²) in [5.74, 6) is 2.71. The van der Waals surface area contributed by atoms with Crippen molar-refractivity contribution < 1.29 is 19.0 Å². The molecule has 1 amide bonds. The van der Waals surface area contributed by atoms with Gasteiger partial charge in [-0.05, 0) is 36.4 Å². The first-order valence-corrected chi connectivity index (χ1v) is 11.7. The molecule has 2 heterocycles. The lowest BCUT2D eigenvalue weighted by atomic mass is 10.2. The Labute approximate surface area is 200 Å². The molecule has 1 N–H and O–H groups in total. The number of nitrogens with zero attached hydrogens (tertiary/aromatic N) is 3. The molecule has 0 spiro atoms. The predicted octanol–water partition coefficient (Wildman–Crippen LogP) is 4.44. The number of carbonyl (C=O) groups excluding carboxylic acids is 1. The molecule has 0 saturated carbocycles. The lowest BCUT2D eigenvalue weighted by Gasteiger charge is -2.19. The van der Waals surface area contributed by atoms with Crippen molar-refractivity contribution in [2.45, 2.75) is 5.16 Å². The van der Waals surface area contributed by atoms with E-state index in [1.54, 1.807) is 25.3 Å². The van der Waals surface area contributed by atoms with E-state index in [1.165, 1.54) is 11.8 Å². The molecule has 5 rings (SSSR count). The second-order valence-electron chi connectivity index (χ2n) is 7.40. The van der Waals surface area contributed by atoms with Crippen molar-refractivity contribution in [2.75, 3.05) is 31.4 Å². The lowest BCUT2D eigenvalue weighted by Crippen LogP contribution is -2.17. The molecule has 4 aromatic rings. The van der Waals surface area contributed by atoms with Gasteiger partial charge in [-0.3, -0.25) is 9.36 Å². The number of rotatable bonds is 7. The minimum Gasteiger partial charge on any atom is -0.497 e. The Morgan fingerprint density at radius 1 is 1.00 bits per heavy atom. The fourth-order valence-electron chi connectivity index (χ4n) is 3.57. The maximum atomic E-state index is 12.7. The van der Waals surface area contributed by atoms with Gasteiger partial charge in [-0.15, -0.1) is 10.2 Å². The first kappa shape index (κ1) is 21.8. The van der Waals surface area contributed by atoms with Gasteiger partial charge in [0.25, 0.3) is 0 Å². The number of fused-ring (bicyclic) bond motifs is 1. The summed E-state index contributed by atoms with van der Waals surface area (Å²) in [6.07, 6.45) is 0. The summed E-state index contributed by atoms with van der Waals surface area (Å²) in [7, 11) is 1.63. The number of hydrogen-bond donors (Lipinski definition) is 1. The molecular formula is C25H22N4O4S. The van der Waals surface area contributed by atoms with Gasteiger partial charge in [0.1, 0.15) is 19.0 Å². The smallest absolute Gasteiger partial charge is 0.234 e. The maximum absolute atomic E-state index is 12.7.